The van der Waals surface area contributed by atoms with Crippen LogP contribution in [0.3, 0.4) is 0 Å². The van der Waals surface area contributed by atoms with Crippen LogP contribution >= 0.6 is 11.7 Å². The molecule has 1 aromatic heterocycles. The second-order valence-electron chi connectivity index (χ2n) is 4.69. The molecule has 0 aliphatic heterocycles. The molecule has 0 bridgehead atoms. The quantitative estimate of drug-likeness (QED) is 0.694. The summed E-state index contributed by atoms with van der Waals surface area (Å²) in [5.41, 5.74) is 2.57. The van der Waals surface area contributed by atoms with Crippen LogP contribution in [-0.2, 0) is 10.1 Å². The highest BCUT2D eigenvalue weighted by atomic mass is 32.2. The number of hydrogen-bond acceptors (Lipinski definition) is 6. The van der Waals surface area contributed by atoms with Gasteiger partial charge in [-0.25, -0.2) is 0 Å². The molecular weight excluding hydrogens is 308 g/mol. The molecule has 0 aliphatic carbocycles. The first-order valence-corrected chi connectivity index (χ1v) is 8.34. The largest absolute Gasteiger partial charge is 0.379 e. The Balaban J connectivity index is 2.09. The molecule has 0 radical (unpaired) electrons. The van der Waals surface area contributed by atoms with E-state index in [0.717, 1.165) is 22.9 Å². The highest BCUT2D eigenvalue weighted by Gasteiger charge is 2.22. The first-order valence-electron chi connectivity index (χ1n) is 6.20. The lowest BCUT2D eigenvalue weighted by atomic mass is 10.1. The molecule has 21 heavy (non-hydrogen) atoms. The fraction of sp³-hybridized carbons (Fsp3) is 0.143. The van der Waals surface area contributed by atoms with Crippen molar-refractivity contribution in [1.82, 2.24) is 8.75 Å². The van der Waals surface area contributed by atoms with E-state index in [1.54, 1.807) is 25.1 Å². The second kappa shape index (κ2) is 5.09. The first kappa shape index (κ1) is 14.0. The molecule has 0 N–H and O–H groups in total. The number of hydrogen-bond donors (Lipinski definition) is 0. The van der Waals surface area contributed by atoms with Gasteiger partial charge in [0.05, 0.1) is 11.7 Å². The van der Waals surface area contributed by atoms with E-state index in [2.05, 4.69) is 8.75 Å². The lowest BCUT2D eigenvalue weighted by molar-refractivity contribution is 0.485. The first-order chi connectivity index (χ1) is 9.97. The molecule has 0 saturated heterocycles. The van der Waals surface area contributed by atoms with Gasteiger partial charge in [0.1, 0.15) is 21.7 Å². The average molecular weight is 320 g/mol. The molecular formula is C14H12N2O3S2. The Bertz CT molecular complexity index is 917. The number of fused-ring (bicyclic) bond motifs is 1. The smallest absolute Gasteiger partial charge is 0.341 e. The number of aromatic nitrogens is 2. The molecule has 0 atom stereocenters. The van der Waals surface area contributed by atoms with Crippen molar-refractivity contribution in [2.45, 2.75) is 18.7 Å². The normalized spacial score (nSPS) is 11.7. The molecule has 0 unspecified atom stereocenters. The molecule has 3 aromatic rings. The van der Waals surface area contributed by atoms with Crippen LogP contribution in [0.1, 0.15) is 11.1 Å². The van der Waals surface area contributed by atoms with E-state index in [1.807, 2.05) is 19.1 Å². The number of aryl methyl sites for hydroxylation is 2. The Morgan fingerprint density at radius 1 is 1.10 bits per heavy atom. The van der Waals surface area contributed by atoms with Gasteiger partial charge in [0.25, 0.3) is 0 Å². The predicted molar refractivity (Wildman–Crippen MR) is 81.1 cm³/mol. The maximum atomic E-state index is 12.5. The molecule has 0 spiro atoms. The molecule has 1 heterocycles. The van der Waals surface area contributed by atoms with E-state index in [4.69, 9.17) is 4.18 Å². The van der Waals surface area contributed by atoms with Gasteiger partial charge in [-0.15, -0.1) is 0 Å². The van der Waals surface area contributed by atoms with Crippen molar-refractivity contribution in [3.63, 3.8) is 0 Å². The van der Waals surface area contributed by atoms with E-state index in [1.165, 1.54) is 6.07 Å². The SMILES string of the molecule is Cc1ccc(C)c(OS(=O)(=O)c2cccc3nsnc23)c1. The Kier molecular flexibility index (Phi) is 3.38. The van der Waals surface area contributed by atoms with Crippen molar-refractivity contribution in [3.05, 3.63) is 47.5 Å². The third kappa shape index (κ3) is 2.62. The predicted octanol–water partition coefficient (Wildman–Crippen LogP) is 3.08. The van der Waals surface area contributed by atoms with Crippen LogP contribution in [0.25, 0.3) is 11.0 Å². The van der Waals surface area contributed by atoms with Crippen molar-refractivity contribution >= 4 is 32.9 Å². The maximum Gasteiger partial charge on any atom is 0.341 e. The van der Waals surface area contributed by atoms with E-state index >= 15 is 0 Å². The van der Waals surface area contributed by atoms with E-state index < -0.39 is 10.1 Å². The summed E-state index contributed by atoms with van der Waals surface area (Å²) in [6.07, 6.45) is 0. The van der Waals surface area contributed by atoms with Crippen LogP contribution in [0.2, 0.25) is 0 Å². The molecule has 108 valence electrons. The van der Waals surface area contributed by atoms with Gasteiger partial charge < -0.3 is 4.18 Å². The summed E-state index contributed by atoms with van der Waals surface area (Å²) >= 11 is 0.975. The van der Waals surface area contributed by atoms with Crippen molar-refractivity contribution in [2.24, 2.45) is 0 Å². The van der Waals surface area contributed by atoms with Crippen LogP contribution in [0.15, 0.2) is 41.3 Å². The highest BCUT2D eigenvalue weighted by molar-refractivity contribution is 7.87. The Hall–Kier alpha value is -1.99. The second-order valence-corrected chi connectivity index (χ2v) is 6.74. The lowest BCUT2D eigenvalue weighted by Crippen LogP contribution is -2.11. The third-order valence-corrected chi connectivity index (χ3v) is 4.87. The topological polar surface area (TPSA) is 69.2 Å². The van der Waals surface area contributed by atoms with Gasteiger partial charge in [-0.2, -0.15) is 17.2 Å². The zero-order valence-corrected chi connectivity index (χ0v) is 13.0. The van der Waals surface area contributed by atoms with Crippen molar-refractivity contribution < 1.29 is 12.6 Å². The minimum atomic E-state index is -3.94. The molecule has 2 aromatic carbocycles. The van der Waals surface area contributed by atoms with E-state index in [-0.39, 0.29) is 4.90 Å². The minimum absolute atomic E-state index is 0.0367. The summed E-state index contributed by atoms with van der Waals surface area (Å²) in [7, 11) is -3.94. The Labute approximate surface area is 126 Å². The molecule has 7 heteroatoms. The zero-order valence-electron chi connectivity index (χ0n) is 11.4. The average Bonchev–Trinajstić information content (AvgIpc) is 2.90. The zero-order chi connectivity index (χ0) is 15.0. The summed E-state index contributed by atoms with van der Waals surface area (Å²) in [5, 5.41) is 0. The molecule has 0 amide bonds. The summed E-state index contributed by atoms with van der Waals surface area (Å²) in [6.45, 7) is 3.68. The fourth-order valence-electron chi connectivity index (χ4n) is 1.94. The molecule has 5 nitrogen and oxygen atoms in total. The summed E-state index contributed by atoms with van der Waals surface area (Å²) in [6, 6.07) is 10.3. The monoisotopic (exact) mass is 320 g/mol. The van der Waals surface area contributed by atoms with Gasteiger partial charge in [-0.1, -0.05) is 18.2 Å². The minimum Gasteiger partial charge on any atom is -0.379 e. The van der Waals surface area contributed by atoms with Crippen LogP contribution in [-0.4, -0.2) is 17.2 Å². The summed E-state index contributed by atoms with van der Waals surface area (Å²) < 4.78 is 38.3. The van der Waals surface area contributed by atoms with Gasteiger partial charge in [0.2, 0.25) is 0 Å². The van der Waals surface area contributed by atoms with Crippen LogP contribution < -0.4 is 4.18 Å². The maximum absolute atomic E-state index is 12.5. The summed E-state index contributed by atoms with van der Waals surface area (Å²) in [4.78, 5) is 0.0367. The molecule has 3 rings (SSSR count). The molecule has 0 fully saturated rings. The standard InChI is InChI=1S/C14H12N2O3S2/c1-9-6-7-10(2)12(8-9)19-21(17,18)13-5-3-4-11-14(13)16-20-15-11/h3-8H,1-2H3. The molecule has 0 saturated carbocycles. The molecule has 0 aliphatic rings. The Morgan fingerprint density at radius 3 is 2.71 bits per heavy atom. The van der Waals surface area contributed by atoms with Gasteiger partial charge in [0, 0.05) is 0 Å². The van der Waals surface area contributed by atoms with Gasteiger partial charge in [-0.05, 0) is 43.2 Å². The van der Waals surface area contributed by atoms with Crippen LogP contribution in [0.5, 0.6) is 5.75 Å². The highest BCUT2D eigenvalue weighted by Crippen LogP contribution is 2.27. The van der Waals surface area contributed by atoms with Gasteiger partial charge in [-0.3, -0.25) is 0 Å². The van der Waals surface area contributed by atoms with Gasteiger partial charge >= 0.3 is 10.1 Å². The van der Waals surface area contributed by atoms with E-state index in [0.29, 0.717) is 16.8 Å². The fourth-order valence-corrected chi connectivity index (χ4v) is 3.69. The number of benzene rings is 2. The van der Waals surface area contributed by atoms with Crippen molar-refractivity contribution in [3.8, 4) is 5.75 Å². The van der Waals surface area contributed by atoms with E-state index in [9.17, 15) is 8.42 Å². The number of rotatable bonds is 3. The van der Waals surface area contributed by atoms with Crippen molar-refractivity contribution in [2.75, 3.05) is 0 Å². The number of nitrogens with zero attached hydrogens (tertiary/aromatic N) is 2. The van der Waals surface area contributed by atoms with Crippen LogP contribution in [0.4, 0.5) is 0 Å². The Morgan fingerprint density at radius 2 is 1.90 bits per heavy atom. The van der Waals surface area contributed by atoms with Gasteiger partial charge in [0.15, 0.2) is 0 Å². The third-order valence-electron chi connectivity index (χ3n) is 3.06. The van der Waals surface area contributed by atoms with Crippen LogP contribution in [0, 0.1) is 13.8 Å². The summed E-state index contributed by atoms with van der Waals surface area (Å²) in [5.74, 6) is 0.329. The lowest BCUT2D eigenvalue weighted by Gasteiger charge is -2.10. The van der Waals surface area contributed by atoms with Crippen molar-refractivity contribution in [1.29, 1.82) is 0 Å².